The van der Waals surface area contributed by atoms with E-state index in [2.05, 4.69) is 116 Å². The summed E-state index contributed by atoms with van der Waals surface area (Å²) in [5.41, 5.74) is 0. The van der Waals surface area contributed by atoms with Crippen LogP contribution in [0.15, 0.2) is 109 Å². The average molecular weight is 1190 g/mol. The number of carbonyl (C=O) groups excluding carboxylic acids is 1. The standard InChI is InChI=1S/C76H133NO8/c1-3-5-7-9-11-13-15-17-19-21-23-25-27-29-31-33-35-37-39-41-43-45-47-49-51-53-55-57-59-61-63-65-70(79)69(68-84-76-75(83)74(82)73(81)71(67-78)85-76)77-72(80)66-64-62-60-58-56-54-52-50-48-46-44-42-40-38-36-34-32-30-28-26-24-22-20-18-16-14-12-10-8-6-4-2/h6,8,12,14,18,20,24,26,30,32,36,38,47,49,55,57,63,65,69-71,73-76,78-79,81-83H,3-5,7,9-11,13,15-17,19,21-23,25,27-29,31,33-35,37,39-46,48,50-54,56,58-62,64,66-68H2,1-2H3,(H,77,80)/b8-6-,14-12-,20-18-,26-24-,32-30-,38-36-,49-47+,57-55+,65-63+. The van der Waals surface area contributed by atoms with Crippen molar-refractivity contribution in [3.05, 3.63) is 109 Å². The maximum atomic E-state index is 13.1. The number of rotatable bonds is 61. The highest BCUT2D eigenvalue weighted by Crippen LogP contribution is 2.23. The number of amides is 1. The molecule has 0 radical (unpaired) electrons. The third kappa shape index (κ3) is 52.5. The Kier molecular flexibility index (Phi) is 60.0. The minimum absolute atomic E-state index is 0.194. The number of hydrogen-bond acceptors (Lipinski definition) is 8. The quantitative estimate of drug-likeness (QED) is 0.0261. The Labute approximate surface area is 523 Å². The molecule has 1 rings (SSSR count). The fraction of sp³-hybridized carbons (Fsp3) is 0.750. The lowest BCUT2D eigenvalue weighted by molar-refractivity contribution is -0.302. The van der Waals surface area contributed by atoms with Crippen molar-refractivity contribution in [1.82, 2.24) is 5.32 Å². The van der Waals surface area contributed by atoms with Crippen LogP contribution >= 0.6 is 0 Å². The second kappa shape index (κ2) is 63.9. The van der Waals surface area contributed by atoms with Gasteiger partial charge in [-0.1, -0.05) is 316 Å². The molecule has 1 aliphatic heterocycles. The van der Waals surface area contributed by atoms with Crippen molar-refractivity contribution >= 4 is 5.91 Å². The van der Waals surface area contributed by atoms with E-state index in [1.54, 1.807) is 6.08 Å². The van der Waals surface area contributed by atoms with Gasteiger partial charge < -0.3 is 40.3 Å². The van der Waals surface area contributed by atoms with Crippen molar-refractivity contribution in [1.29, 1.82) is 0 Å². The molecule has 0 aromatic carbocycles. The number of carbonyl (C=O) groups is 1. The lowest BCUT2D eigenvalue weighted by Gasteiger charge is -2.40. The first kappa shape index (κ1) is 79.9. The number of aliphatic hydroxyl groups excluding tert-OH is 5. The van der Waals surface area contributed by atoms with Crippen molar-refractivity contribution in [2.75, 3.05) is 13.2 Å². The molecule has 1 amide bonds. The Balaban J connectivity index is 2.18. The van der Waals surface area contributed by atoms with E-state index in [-0.39, 0.29) is 12.5 Å². The van der Waals surface area contributed by atoms with Crippen molar-refractivity contribution in [2.45, 2.75) is 352 Å². The molecule has 7 atom stereocenters. The molecule has 85 heavy (non-hydrogen) atoms. The largest absolute Gasteiger partial charge is 0.394 e. The van der Waals surface area contributed by atoms with Gasteiger partial charge in [0.2, 0.25) is 5.91 Å². The molecule has 6 N–H and O–H groups in total. The highest BCUT2D eigenvalue weighted by molar-refractivity contribution is 5.76. The lowest BCUT2D eigenvalue weighted by atomic mass is 9.99. The van der Waals surface area contributed by atoms with E-state index >= 15 is 0 Å². The van der Waals surface area contributed by atoms with Crippen LogP contribution in [0.4, 0.5) is 0 Å². The summed E-state index contributed by atoms with van der Waals surface area (Å²) in [4.78, 5) is 13.1. The molecular weight excluding hydrogens is 1050 g/mol. The number of aliphatic hydroxyl groups is 5. The van der Waals surface area contributed by atoms with Gasteiger partial charge in [0.05, 0.1) is 25.4 Å². The van der Waals surface area contributed by atoms with E-state index in [0.717, 1.165) is 83.5 Å². The van der Waals surface area contributed by atoms with Crippen molar-refractivity contribution in [3.63, 3.8) is 0 Å². The number of hydrogen-bond donors (Lipinski definition) is 6. The van der Waals surface area contributed by atoms with Gasteiger partial charge in [0.25, 0.3) is 0 Å². The Bertz CT molecular complexity index is 1710. The predicted molar refractivity (Wildman–Crippen MR) is 364 cm³/mol. The Morgan fingerprint density at radius 2 is 0.741 bits per heavy atom. The van der Waals surface area contributed by atoms with E-state index in [0.29, 0.717) is 6.42 Å². The van der Waals surface area contributed by atoms with E-state index in [4.69, 9.17) is 9.47 Å². The first-order chi connectivity index (χ1) is 41.8. The molecule has 0 spiro atoms. The van der Waals surface area contributed by atoms with Crippen LogP contribution in [0.5, 0.6) is 0 Å². The van der Waals surface area contributed by atoms with Gasteiger partial charge in [-0.05, 0) is 96.3 Å². The molecule has 1 heterocycles. The first-order valence-electron chi connectivity index (χ1n) is 35.6. The highest BCUT2D eigenvalue weighted by Gasteiger charge is 2.44. The summed E-state index contributed by atoms with van der Waals surface area (Å²) >= 11 is 0. The molecule has 0 aromatic heterocycles. The molecule has 1 fully saturated rings. The van der Waals surface area contributed by atoms with Gasteiger partial charge in [-0.2, -0.15) is 0 Å². The van der Waals surface area contributed by atoms with Crippen LogP contribution in [-0.4, -0.2) is 87.5 Å². The highest BCUT2D eigenvalue weighted by atomic mass is 16.7. The third-order valence-electron chi connectivity index (χ3n) is 16.3. The minimum atomic E-state index is -1.58. The molecule has 7 unspecified atom stereocenters. The van der Waals surface area contributed by atoms with Gasteiger partial charge in [0.1, 0.15) is 24.4 Å². The summed E-state index contributed by atoms with van der Waals surface area (Å²) in [5.74, 6) is -0.194. The zero-order valence-electron chi connectivity index (χ0n) is 54.8. The van der Waals surface area contributed by atoms with Gasteiger partial charge >= 0.3 is 0 Å². The normalized spacial score (nSPS) is 18.8. The first-order valence-corrected chi connectivity index (χ1v) is 35.6. The fourth-order valence-electron chi connectivity index (χ4n) is 10.8. The average Bonchev–Trinajstić information content (AvgIpc) is 3.54. The van der Waals surface area contributed by atoms with Crippen molar-refractivity contribution in [3.8, 4) is 0 Å². The summed E-state index contributed by atoms with van der Waals surface area (Å²) in [5, 5.41) is 54.8. The molecule has 0 aromatic rings. The van der Waals surface area contributed by atoms with Gasteiger partial charge in [-0.25, -0.2) is 0 Å². The van der Waals surface area contributed by atoms with Gasteiger partial charge in [0.15, 0.2) is 6.29 Å². The molecule has 9 nitrogen and oxygen atoms in total. The van der Waals surface area contributed by atoms with Crippen LogP contribution in [0.2, 0.25) is 0 Å². The van der Waals surface area contributed by atoms with Gasteiger partial charge in [0, 0.05) is 6.42 Å². The third-order valence-corrected chi connectivity index (χ3v) is 16.3. The van der Waals surface area contributed by atoms with Crippen LogP contribution in [0.3, 0.4) is 0 Å². The summed E-state index contributed by atoms with van der Waals surface area (Å²) in [6, 6.07) is -0.838. The summed E-state index contributed by atoms with van der Waals surface area (Å²) in [6.45, 7) is 3.67. The van der Waals surface area contributed by atoms with Crippen LogP contribution in [0.25, 0.3) is 0 Å². The molecule has 0 bridgehead atoms. The summed E-state index contributed by atoms with van der Waals surface area (Å²) in [6.07, 6.45) is 87.7. The Morgan fingerprint density at radius 3 is 1.13 bits per heavy atom. The lowest BCUT2D eigenvalue weighted by Crippen LogP contribution is -2.60. The fourth-order valence-corrected chi connectivity index (χ4v) is 10.8. The van der Waals surface area contributed by atoms with E-state index in [1.807, 2.05) is 6.08 Å². The van der Waals surface area contributed by atoms with Gasteiger partial charge in [-0.15, -0.1) is 0 Å². The zero-order valence-corrected chi connectivity index (χ0v) is 54.8. The molecule has 1 aliphatic rings. The van der Waals surface area contributed by atoms with Crippen LogP contribution in [-0.2, 0) is 14.3 Å². The molecule has 0 aliphatic carbocycles. The zero-order chi connectivity index (χ0) is 61.4. The van der Waals surface area contributed by atoms with E-state index in [1.165, 1.54) is 205 Å². The smallest absolute Gasteiger partial charge is 0.220 e. The minimum Gasteiger partial charge on any atom is -0.394 e. The van der Waals surface area contributed by atoms with E-state index in [9.17, 15) is 30.3 Å². The molecule has 0 saturated carbocycles. The SMILES string of the molecule is CC/C=C\C/C=C\C/C=C\C/C=C\C/C=C\C/C=C\CCCCCCCCCCCCCCC(=O)NC(COC1OC(CO)C(O)C(O)C1O)C(O)/C=C/CC/C=C/CC/C=C/CCCCCCCCCCCCCCCCCCCCCCC. The molecule has 490 valence electrons. The molecule has 1 saturated heterocycles. The van der Waals surface area contributed by atoms with Crippen LogP contribution in [0.1, 0.15) is 309 Å². The maximum absolute atomic E-state index is 13.1. The molecular formula is C76H133NO8. The topological polar surface area (TPSA) is 149 Å². The van der Waals surface area contributed by atoms with Crippen LogP contribution < -0.4 is 5.32 Å². The summed E-state index contributed by atoms with van der Waals surface area (Å²) < 4.78 is 11.3. The van der Waals surface area contributed by atoms with Crippen molar-refractivity contribution < 1.29 is 39.8 Å². The number of unbranched alkanes of at least 4 members (excludes halogenated alkanes) is 35. The van der Waals surface area contributed by atoms with Gasteiger partial charge in [-0.3, -0.25) is 4.79 Å². The monoisotopic (exact) mass is 1190 g/mol. The number of nitrogens with one attached hydrogen (secondary N) is 1. The summed E-state index contributed by atoms with van der Waals surface area (Å²) in [7, 11) is 0. The second-order valence-corrected chi connectivity index (χ2v) is 24.3. The number of ether oxygens (including phenoxy) is 2. The Hall–Kier alpha value is -3.15. The number of allylic oxidation sites excluding steroid dienone is 17. The maximum Gasteiger partial charge on any atom is 0.220 e. The second-order valence-electron chi connectivity index (χ2n) is 24.3. The predicted octanol–water partition coefficient (Wildman–Crippen LogP) is 19.6. The van der Waals surface area contributed by atoms with Crippen molar-refractivity contribution in [2.24, 2.45) is 0 Å². The molecule has 9 heteroatoms. The van der Waals surface area contributed by atoms with Crippen LogP contribution in [0, 0.1) is 0 Å². The van der Waals surface area contributed by atoms with E-state index < -0.39 is 49.5 Å². The Morgan fingerprint density at radius 1 is 0.412 bits per heavy atom.